The van der Waals surface area contributed by atoms with E-state index in [9.17, 15) is 5.11 Å². The molecule has 0 aliphatic rings. The van der Waals surface area contributed by atoms with Crippen molar-refractivity contribution in [2.24, 2.45) is 5.73 Å². The van der Waals surface area contributed by atoms with E-state index in [1.165, 1.54) is 0 Å². The maximum Gasteiger partial charge on any atom is 0.123 e. The van der Waals surface area contributed by atoms with Crippen LogP contribution in [0.5, 0.6) is 5.75 Å². The van der Waals surface area contributed by atoms with Crippen molar-refractivity contribution in [1.82, 2.24) is 0 Å². The Kier molecular flexibility index (Phi) is 3.49. The molecule has 1 rings (SSSR count). The van der Waals surface area contributed by atoms with Gasteiger partial charge in [0.25, 0.3) is 0 Å². The maximum atomic E-state index is 9.40. The summed E-state index contributed by atoms with van der Waals surface area (Å²) in [5.41, 5.74) is 7.81. The lowest BCUT2D eigenvalue weighted by Gasteiger charge is -2.18. The lowest BCUT2D eigenvalue weighted by molar-refractivity contribution is 0.162. The summed E-state index contributed by atoms with van der Waals surface area (Å²) in [4.78, 5) is 0. The van der Waals surface area contributed by atoms with Crippen LogP contribution in [0.3, 0.4) is 0 Å². The van der Waals surface area contributed by atoms with Gasteiger partial charge in [-0.3, -0.25) is 0 Å². The Balaban J connectivity index is 3.10. The largest absolute Gasteiger partial charge is 0.496 e. The zero-order chi connectivity index (χ0) is 10.7. The van der Waals surface area contributed by atoms with E-state index < -0.39 is 12.1 Å². The van der Waals surface area contributed by atoms with Gasteiger partial charge in [0, 0.05) is 5.56 Å². The molecule has 1 aromatic rings. The smallest absolute Gasteiger partial charge is 0.123 e. The molecular formula is C11H17NO2. The van der Waals surface area contributed by atoms with E-state index in [4.69, 9.17) is 10.5 Å². The van der Waals surface area contributed by atoms with Crippen molar-refractivity contribution in [3.63, 3.8) is 0 Å². The highest BCUT2D eigenvalue weighted by molar-refractivity contribution is 5.39. The van der Waals surface area contributed by atoms with E-state index in [-0.39, 0.29) is 0 Å². The van der Waals surface area contributed by atoms with Crippen LogP contribution in [0.2, 0.25) is 0 Å². The molecule has 0 radical (unpaired) electrons. The molecule has 0 spiro atoms. The lowest BCUT2D eigenvalue weighted by atomic mass is 10.0. The Morgan fingerprint density at radius 2 is 2.07 bits per heavy atom. The van der Waals surface area contributed by atoms with E-state index in [2.05, 4.69) is 0 Å². The van der Waals surface area contributed by atoms with E-state index in [0.717, 1.165) is 16.9 Å². The second-order valence-corrected chi connectivity index (χ2v) is 3.51. The molecule has 0 amide bonds. The molecule has 0 aromatic heterocycles. The molecule has 0 bridgehead atoms. The number of methoxy groups -OCH3 is 1. The van der Waals surface area contributed by atoms with Crippen LogP contribution in [0.25, 0.3) is 0 Å². The molecule has 0 aliphatic heterocycles. The molecule has 14 heavy (non-hydrogen) atoms. The number of rotatable bonds is 3. The van der Waals surface area contributed by atoms with Gasteiger partial charge >= 0.3 is 0 Å². The first-order valence-electron chi connectivity index (χ1n) is 4.64. The van der Waals surface area contributed by atoms with Crippen molar-refractivity contribution >= 4 is 0 Å². The number of nitrogens with two attached hydrogens (primary N) is 1. The van der Waals surface area contributed by atoms with Gasteiger partial charge in [0.2, 0.25) is 0 Å². The summed E-state index contributed by atoms with van der Waals surface area (Å²) in [5.74, 6) is 0.726. The van der Waals surface area contributed by atoms with Gasteiger partial charge in [0.1, 0.15) is 5.75 Å². The summed E-state index contributed by atoms with van der Waals surface area (Å²) >= 11 is 0. The van der Waals surface area contributed by atoms with Crippen LogP contribution in [-0.2, 0) is 0 Å². The van der Waals surface area contributed by atoms with Crippen molar-refractivity contribution in [3.8, 4) is 5.75 Å². The lowest BCUT2D eigenvalue weighted by Crippen LogP contribution is -2.23. The molecule has 0 saturated carbocycles. The Hall–Kier alpha value is -1.06. The maximum absolute atomic E-state index is 9.40. The Bertz CT molecular complexity index is 310. The number of benzene rings is 1. The normalized spacial score (nSPS) is 14.9. The predicted molar refractivity (Wildman–Crippen MR) is 56.3 cm³/mol. The Morgan fingerprint density at radius 3 is 2.57 bits per heavy atom. The minimum absolute atomic E-state index is 0.398. The van der Waals surface area contributed by atoms with Gasteiger partial charge in [-0.25, -0.2) is 0 Å². The standard InChI is InChI=1S/C11H17NO2/c1-7-4-5-10(14-3)9(6-7)11(12)8(2)13/h4-6,8,11,13H,12H2,1-3H3. The highest BCUT2D eigenvalue weighted by Gasteiger charge is 2.16. The predicted octanol–water partition coefficient (Wildman–Crippen LogP) is 1.38. The third-order valence-electron chi connectivity index (χ3n) is 2.26. The van der Waals surface area contributed by atoms with Crippen molar-refractivity contribution < 1.29 is 9.84 Å². The summed E-state index contributed by atoms with van der Waals surface area (Å²) in [6.45, 7) is 3.66. The van der Waals surface area contributed by atoms with Crippen LogP contribution < -0.4 is 10.5 Å². The van der Waals surface area contributed by atoms with Gasteiger partial charge < -0.3 is 15.6 Å². The number of aliphatic hydroxyl groups excluding tert-OH is 1. The van der Waals surface area contributed by atoms with Gasteiger partial charge in [0.15, 0.2) is 0 Å². The third-order valence-corrected chi connectivity index (χ3v) is 2.26. The third kappa shape index (κ3) is 2.25. The fraction of sp³-hybridized carbons (Fsp3) is 0.455. The van der Waals surface area contributed by atoms with Gasteiger partial charge in [-0.15, -0.1) is 0 Å². The summed E-state index contributed by atoms with van der Waals surface area (Å²) in [5, 5.41) is 9.40. The zero-order valence-corrected chi connectivity index (χ0v) is 8.82. The minimum Gasteiger partial charge on any atom is -0.496 e. The van der Waals surface area contributed by atoms with E-state index >= 15 is 0 Å². The molecule has 1 aromatic carbocycles. The summed E-state index contributed by atoms with van der Waals surface area (Å²) in [6.07, 6.45) is -0.578. The van der Waals surface area contributed by atoms with Crippen LogP contribution in [0.15, 0.2) is 18.2 Å². The van der Waals surface area contributed by atoms with Crippen LogP contribution in [0.4, 0.5) is 0 Å². The first-order chi connectivity index (χ1) is 6.56. The molecule has 3 N–H and O–H groups in total. The Labute approximate surface area is 84.5 Å². The molecule has 0 fully saturated rings. The average molecular weight is 195 g/mol. The fourth-order valence-corrected chi connectivity index (χ4v) is 1.37. The van der Waals surface area contributed by atoms with Crippen molar-refractivity contribution in [1.29, 1.82) is 0 Å². The second kappa shape index (κ2) is 4.44. The van der Waals surface area contributed by atoms with Crippen LogP contribution in [0.1, 0.15) is 24.1 Å². The van der Waals surface area contributed by atoms with E-state index in [0.29, 0.717) is 0 Å². The number of hydrogen-bond donors (Lipinski definition) is 2. The number of hydrogen-bond acceptors (Lipinski definition) is 3. The van der Waals surface area contributed by atoms with Gasteiger partial charge in [0.05, 0.1) is 19.3 Å². The van der Waals surface area contributed by atoms with Crippen molar-refractivity contribution in [2.45, 2.75) is 26.0 Å². The minimum atomic E-state index is -0.578. The first-order valence-corrected chi connectivity index (χ1v) is 4.64. The SMILES string of the molecule is COc1ccc(C)cc1C(N)C(C)O. The van der Waals surface area contributed by atoms with Crippen LogP contribution in [-0.4, -0.2) is 18.3 Å². The highest BCUT2D eigenvalue weighted by Crippen LogP contribution is 2.26. The van der Waals surface area contributed by atoms with Crippen LogP contribution in [0, 0.1) is 6.92 Å². The van der Waals surface area contributed by atoms with Gasteiger partial charge in [-0.2, -0.15) is 0 Å². The molecule has 0 heterocycles. The zero-order valence-electron chi connectivity index (χ0n) is 8.82. The monoisotopic (exact) mass is 195 g/mol. The van der Waals surface area contributed by atoms with Crippen molar-refractivity contribution in [2.75, 3.05) is 7.11 Å². The molecule has 3 nitrogen and oxygen atoms in total. The number of aliphatic hydroxyl groups is 1. The molecule has 0 aliphatic carbocycles. The summed E-state index contributed by atoms with van der Waals surface area (Å²) in [7, 11) is 1.60. The van der Waals surface area contributed by atoms with Crippen molar-refractivity contribution in [3.05, 3.63) is 29.3 Å². The molecule has 0 saturated heterocycles. The summed E-state index contributed by atoms with van der Waals surface area (Å²) < 4.78 is 5.18. The summed E-state index contributed by atoms with van der Waals surface area (Å²) in [6, 6.07) is 5.37. The molecule has 3 heteroatoms. The highest BCUT2D eigenvalue weighted by atomic mass is 16.5. The fourth-order valence-electron chi connectivity index (χ4n) is 1.37. The molecule has 2 unspecified atom stereocenters. The second-order valence-electron chi connectivity index (χ2n) is 3.51. The molecular weight excluding hydrogens is 178 g/mol. The molecule has 78 valence electrons. The number of aryl methyl sites for hydroxylation is 1. The number of ether oxygens (including phenoxy) is 1. The average Bonchev–Trinajstić information content (AvgIpc) is 2.16. The topological polar surface area (TPSA) is 55.5 Å². The molecule has 2 atom stereocenters. The van der Waals surface area contributed by atoms with Gasteiger partial charge in [-0.1, -0.05) is 17.7 Å². The van der Waals surface area contributed by atoms with E-state index in [1.54, 1.807) is 14.0 Å². The quantitative estimate of drug-likeness (QED) is 0.766. The first kappa shape index (κ1) is 11.0. The Morgan fingerprint density at radius 1 is 1.43 bits per heavy atom. The van der Waals surface area contributed by atoms with Crippen LogP contribution >= 0.6 is 0 Å². The van der Waals surface area contributed by atoms with Gasteiger partial charge in [-0.05, 0) is 19.9 Å². The van der Waals surface area contributed by atoms with E-state index in [1.807, 2.05) is 25.1 Å².